The van der Waals surface area contributed by atoms with Crippen LogP contribution in [0.3, 0.4) is 0 Å². The summed E-state index contributed by atoms with van der Waals surface area (Å²) in [6.07, 6.45) is 0. The lowest BCUT2D eigenvalue weighted by Gasteiger charge is -2.09. The van der Waals surface area contributed by atoms with E-state index in [1.54, 1.807) is 11.3 Å². The fourth-order valence-electron chi connectivity index (χ4n) is 2.07. The van der Waals surface area contributed by atoms with Gasteiger partial charge in [-0.1, -0.05) is 6.07 Å². The summed E-state index contributed by atoms with van der Waals surface area (Å²) in [4.78, 5) is 10.7. The van der Waals surface area contributed by atoms with Crippen LogP contribution in [0.2, 0.25) is 5.28 Å². The van der Waals surface area contributed by atoms with E-state index in [4.69, 9.17) is 11.6 Å². The Morgan fingerprint density at radius 3 is 2.60 bits per heavy atom. The Balaban J connectivity index is 2.07. The van der Waals surface area contributed by atoms with Crippen LogP contribution < -0.4 is 5.32 Å². The van der Waals surface area contributed by atoms with E-state index in [1.807, 2.05) is 6.07 Å². The zero-order valence-electron chi connectivity index (χ0n) is 11.5. The molecule has 0 atom stereocenters. The van der Waals surface area contributed by atoms with E-state index in [2.05, 4.69) is 54.3 Å². The number of thiophene rings is 1. The zero-order valence-corrected chi connectivity index (χ0v) is 13.1. The molecule has 3 rings (SSSR count). The summed E-state index contributed by atoms with van der Waals surface area (Å²) in [5.74, 6) is 0.757. The number of fused-ring (bicyclic) bond motifs is 1. The Morgan fingerprint density at radius 1 is 1.05 bits per heavy atom. The van der Waals surface area contributed by atoms with Gasteiger partial charge < -0.3 is 5.32 Å². The van der Waals surface area contributed by atoms with Gasteiger partial charge in [0.05, 0.1) is 5.39 Å². The largest absolute Gasteiger partial charge is 0.340 e. The van der Waals surface area contributed by atoms with Crippen LogP contribution in [-0.4, -0.2) is 9.97 Å². The maximum Gasteiger partial charge on any atom is 0.225 e. The lowest BCUT2D eigenvalue weighted by molar-refractivity contribution is 1.23. The van der Waals surface area contributed by atoms with E-state index in [1.165, 1.54) is 16.0 Å². The maximum absolute atomic E-state index is 6.00. The molecule has 0 saturated carbocycles. The maximum atomic E-state index is 6.00. The molecule has 0 spiro atoms. The van der Waals surface area contributed by atoms with E-state index < -0.39 is 0 Å². The Labute approximate surface area is 126 Å². The number of aromatic nitrogens is 2. The third kappa shape index (κ3) is 2.49. The smallest absolute Gasteiger partial charge is 0.225 e. The van der Waals surface area contributed by atoms with E-state index in [0.29, 0.717) is 0 Å². The summed E-state index contributed by atoms with van der Waals surface area (Å²) < 4.78 is 0. The number of benzene rings is 1. The van der Waals surface area contributed by atoms with Gasteiger partial charge >= 0.3 is 0 Å². The van der Waals surface area contributed by atoms with Gasteiger partial charge in [0.2, 0.25) is 5.28 Å². The standard InChI is InChI=1S/C15H14ClN3S/c1-8-4-5-11(6-9(8)2)17-13-12-7-10(3)20-14(12)19-15(16)18-13/h4-7H,1-3H3,(H,17,18,19). The molecule has 0 aliphatic rings. The van der Waals surface area contributed by atoms with Crippen LogP contribution in [0, 0.1) is 20.8 Å². The minimum absolute atomic E-state index is 0.269. The minimum Gasteiger partial charge on any atom is -0.340 e. The van der Waals surface area contributed by atoms with E-state index in [0.717, 1.165) is 21.7 Å². The first-order valence-electron chi connectivity index (χ1n) is 6.31. The van der Waals surface area contributed by atoms with Gasteiger partial charge in [0.1, 0.15) is 10.6 Å². The predicted molar refractivity (Wildman–Crippen MR) is 86.4 cm³/mol. The first kappa shape index (κ1) is 13.3. The first-order valence-corrected chi connectivity index (χ1v) is 7.50. The molecule has 0 aliphatic carbocycles. The van der Waals surface area contributed by atoms with Gasteiger partial charge in [-0.2, -0.15) is 4.98 Å². The topological polar surface area (TPSA) is 37.8 Å². The van der Waals surface area contributed by atoms with Crippen molar-refractivity contribution in [1.29, 1.82) is 0 Å². The van der Waals surface area contributed by atoms with Crippen molar-refractivity contribution in [1.82, 2.24) is 9.97 Å². The molecule has 3 aromatic rings. The quantitative estimate of drug-likeness (QED) is 0.676. The van der Waals surface area contributed by atoms with Gasteiger partial charge in [0.15, 0.2) is 0 Å². The molecule has 3 nitrogen and oxygen atoms in total. The van der Waals surface area contributed by atoms with Gasteiger partial charge in [-0.25, -0.2) is 4.98 Å². The molecule has 102 valence electrons. The minimum atomic E-state index is 0.269. The van der Waals surface area contributed by atoms with Gasteiger partial charge in [-0.05, 0) is 61.7 Å². The molecule has 1 aromatic carbocycles. The van der Waals surface area contributed by atoms with Crippen molar-refractivity contribution in [3.05, 3.63) is 45.6 Å². The number of hydrogen-bond donors (Lipinski definition) is 1. The van der Waals surface area contributed by atoms with Crippen molar-refractivity contribution >= 4 is 44.7 Å². The second kappa shape index (κ2) is 5.04. The molecule has 5 heteroatoms. The predicted octanol–water partition coefficient (Wildman–Crippen LogP) is 5.01. The highest BCUT2D eigenvalue weighted by molar-refractivity contribution is 7.18. The Kier molecular flexibility index (Phi) is 3.36. The summed E-state index contributed by atoms with van der Waals surface area (Å²) in [5.41, 5.74) is 3.52. The fraction of sp³-hybridized carbons (Fsp3) is 0.200. The summed E-state index contributed by atoms with van der Waals surface area (Å²) in [5, 5.41) is 4.62. The Bertz CT molecular complexity index is 795. The molecule has 0 amide bonds. The molecule has 0 aliphatic heterocycles. The van der Waals surface area contributed by atoms with Crippen LogP contribution in [0.5, 0.6) is 0 Å². The van der Waals surface area contributed by atoms with Crippen LogP contribution in [0.4, 0.5) is 11.5 Å². The van der Waals surface area contributed by atoms with Crippen LogP contribution >= 0.6 is 22.9 Å². The zero-order chi connectivity index (χ0) is 14.3. The van der Waals surface area contributed by atoms with Gasteiger partial charge in [-0.3, -0.25) is 0 Å². The van der Waals surface area contributed by atoms with E-state index >= 15 is 0 Å². The SMILES string of the molecule is Cc1cc2c(Nc3ccc(C)c(C)c3)nc(Cl)nc2s1. The summed E-state index contributed by atoms with van der Waals surface area (Å²) in [6, 6.07) is 8.33. The van der Waals surface area contributed by atoms with Crippen LogP contribution in [0.1, 0.15) is 16.0 Å². The van der Waals surface area contributed by atoms with Crippen molar-refractivity contribution in [3.63, 3.8) is 0 Å². The van der Waals surface area contributed by atoms with Crippen molar-refractivity contribution in [2.45, 2.75) is 20.8 Å². The molecular weight excluding hydrogens is 290 g/mol. The average molecular weight is 304 g/mol. The molecule has 1 N–H and O–H groups in total. The van der Waals surface area contributed by atoms with Crippen molar-refractivity contribution < 1.29 is 0 Å². The third-order valence-corrected chi connectivity index (χ3v) is 4.37. The number of nitrogens with zero attached hydrogens (tertiary/aromatic N) is 2. The summed E-state index contributed by atoms with van der Waals surface area (Å²) in [6.45, 7) is 6.25. The molecule has 0 radical (unpaired) electrons. The molecule has 0 bridgehead atoms. The second-order valence-electron chi connectivity index (χ2n) is 4.84. The van der Waals surface area contributed by atoms with Crippen molar-refractivity contribution in [2.75, 3.05) is 5.32 Å². The highest BCUT2D eigenvalue weighted by Crippen LogP contribution is 2.31. The normalized spacial score (nSPS) is 11.0. The van der Waals surface area contributed by atoms with Crippen LogP contribution in [-0.2, 0) is 0 Å². The Hall–Kier alpha value is -1.65. The van der Waals surface area contributed by atoms with E-state index in [9.17, 15) is 0 Å². The summed E-state index contributed by atoms with van der Waals surface area (Å²) in [7, 11) is 0. The number of anilines is 2. The highest BCUT2D eigenvalue weighted by Gasteiger charge is 2.10. The number of hydrogen-bond acceptors (Lipinski definition) is 4. The van der Waals surface area contributed by atoms with Gasteiger partial charge in [0.25, 0.3) is 0 Å². The summed E-state index contributed by atoms with van der Waals surface area (Å²) >= 11 is 7.62. The molecule has 2 aromatic heterocycles. The van der Waals surface area contributed by atoms with Gasteiger partial charge in [-0.15, -0.1) is 11.3 Å². The number of aryl methyl sites for hydroxylation is 3. The first-order chi connectivity index (χ1) is 9.52. The average Bonchev–Trinajstić information content (AvgIpc) is 2.74. The molecular formula is C15H14ClN3S. The van der Waals surface area contributed by atoms with Gasteiger partial charge in [0, 0.05) is 10.6 Å². The third-order valence-electron chi connectivity index (χ3n) is 3.26. The fourth-order valence-corrected chi connectivity index (χ4v) is 3.17. The number of halogens is 1. The number of rotatable bonds is 2. The molecule has 2 heterocycles. The molecule has 0 fully saturated rings. The Morgan fingerprint density at radius 2 is 1.85 bits per heavy atom. The van der Waals surface area contributed by atoms with E-state index in [-0.39, 0.29) is 5.28 Å². The number of nitrogens with one attached hydrogen (secondary N) is 1. The monoisotopic (exact) mass is 303 g/mol. The lowest BCUT2D eigenvalue weighted by atomic mass is 10.1. The van der Waals surface area contributed by atoms with Crippen molar-refractivity contribution in [2.24, 2.45) is 0 Å². The van der Waals surface area contributed by atoms with Crippen LogP contribution in [0.25, 0.3) is 10.2 Å². The molecule has 0 saturated heterocycles. The lowest BCUT2D eigenvalue weighted by Crippen LogP contribution is -1.96. The highest BCUT2D eigenvalue weighted by atomic mass is 35.5. The second-order valence-corrected chi connectivity index (χ2v) is 6.41. The van der Waals surface area contributed by atoms with Crippen LogP contribution in [0.15, 0.2) is 24.3 Å². The molecule has 0 unspecified atom stereocenters. The van der Waals surface area contributed by atoms with Crippen molar-refractivity contribution in [3.8, 4) is 0 Å². The molecule has 20 heavy (non-hydrogen) atoms.